The number of hydrogen-bond donors (Lipinski definition) is 1. The fraction of sp³-hybridized carbons (Fsp3) is 0.938. The van der Waals surface area contributed by atoms with E-state index in [9.17, 15) is 0 Å². The van der Waals surface area contributed by atoms with E-state index in [4.69, 9.17) is 0 Å². The molecule has 0 unspecified atom stereocenters. The highest BCUT2D eigenvalue weighted by molar-refractivity contribution is 7.98. The monoisotopic (exact) mass is 299 g/mol. The molecule has 20 heavy (non-hydrogen) atoms. The van der Waals surface area contributed by atoms with Crippen LogP contribution in [-0.2, 0) is 0 Å². The first-order valence-electron chi connectivity index (χ1n) is 8.08. The summed E-state index contributed by atoms with van der Waals surface area (Å²) in [5.41, 5.74) is 0. The molecule has 0 heterocycles. The van der Waals surface area contributed by atoms with E-state index in [1.165, 1.54) is 44.3 Å². The molecule has 1 saturated carbocycles. The molecule has 0 aromatic carbocycles. The molecule has 118 valence electrons. The maximum absolute atomic E-state index is 4.41. The summed E-state index contributed by atoms with van der Waals surface area (Å²) < 4.78 is 0. The van der Waals surface area contributed by atoms with Gasteiger partial charge in [-0.25, -0.2) is 0 Å². The summed E-state index contributed by atoms with van der Waals surface area (Å²) in [5, 5.41) is 3.49. The summed E-state index contributed by atoms with van der Waals surface area (Å²) in [4.78, 5) is 6.73. The molecular formula is C16H33N3S. The summed E-state index contributed by atoms with van der Waals surface area (Å²) in [6, 6.07) is 0. The minimum Gasteiger partial charge on any atom is -0.356 e. The van der Waals surface area contributed by atoms with E-state index in [1.54, 1.807) is 0 Å². The standard InChI is InChI=1S/C16H33N3S/c1-14-7-9-15(10-8-14)13-19(3)16(17-2)18-11-5-6-12-20-4/h14-15H,5-13H2,1-4H3,(H,17,18). The number of nitrogens with zero attached hydrogens (tertiary/aromatic N) is 2. The molecule has 0 bridgehead atoms. The molecule has 0 amide bonds. The van der Waals surface area contributed by atoms with Crippen LogP contribution in [0.4, 0.5) is 0 Å². The third-order valence-corrected chi connectivity index (χ3v) is 5.00. The lowest BCUT2D eigenvalue weighted by Crippen LogP contribution is -2.42. The summed E-state index contributed by atoms with van der Waals surface area (Å²) in [5.74, 6) is 4.11. The van der Waals surface area contributed by atoms with Gasteiger partial charge >= 0.3 is 0 Å². The van der Waals surface area contributed by atoms with Crippen LogP contribution >= 0.6 is 11.8 Å². The van der Waals surface area contributed by atoms with E-state index in [-0.39, 0.29) is 0 Å². The Hall–Kier alpha value is -0.380. The zero-order valence-electron chi connectivity index (χ0n) is 13.8. The summed E-state index contributed by atoms with van der Waals surface area (Å²) in [6.45, 7) is 4.57. The van der Waals surface area contributed by atoms with Gasteiger partial charge in [0, 0.05) is 27.2 Å². The van der Waals surface area contributed by atoms with Gasteiger partial charge in [0.2, 0.25) is 0 Å². The van der Waals surface area contributed by atoms with Crippen LogP contribution in [0.5, 0.6) is 0 Å². The van der Waals surface area contributed by atoms with Crippen molar-refractivity contribution in [3.8, 4) is 0 Å². The summed E-state index contributed by atoms with van der Waals surface area (Å²) in [6.07, 6.45) is 10.3. The van der Waals surface area contributed by atoms with Crippen molar-refractivity contribution in [3.05, 3.63) is 0 Å². The van der Waals surface area contributed by atoms with E-state index < -0.39 is 0 Å². The van der Waals surface area contributed by atoms with Crippen LogP contribution < -0.4 is 5.32 Å². The zero-order valence-corrected chi connectivity index (χ0v) is 14.6. The largest absolute Gasteiger partial charge is 0.356 e. The first-order chi connectivity index (χ1) is 9.67. The van der Waals surface area contributed by atoms with Crippen LogP contribution in [0.1, 0.15) is 45.4 Å². The average Bonchev–Trinajstić information content (AvgIpc) is 2.45. The number of rotatable bonds is 7. The van der Waals surface area contributed by atoms with Crippen LogP contribution in [0.3, 0.4) is 0 Å². The highest BCUT2D eigenvalue weighted by atomic mass is 32.2. The van der Waals surface area contributed by atoms with Crippen LogP contribution in [0.25, 0.3) is 0 Å². The Balaban J connectivity index is 2.23. The van der Waals surface area contributed by atoms with Crippen LogP contribution in [-0.4, -0.2) is 50.1 Å². The van der Waals surface area contributed by atoms with E-state index >= 15 is 0 Å². The fourth-order valence-electron chi connectivity index (χ4n) is 2.94. The molecule has 1 aliphatic carbocycles. The quantitative estimate of drug-likeness (QED) is 0.443. The molecule has 1 fully saturated rings. The lowest BCUT2D eigenvalue weighted by atomic mass is 9.83. The maximum atomic E-state index is 4.41. The Kier molecular flexibility index (Phi) is 9.16. The van der Waals surface area contributed by atoms with Gasteiger partial charge in [-0.1, -0.05) is 19.8 Å². The molecule has 0 aliphatic heterocycles. The van der Waals surface area contributed by atoms with Crippen molar-refractivity contribution in [3.63, 3.8) is 0 Å². The van der Waals surface area contributed by atoms with Crippen molar-refractivity contribution in [1.82, 2.24) is 10.2 Å². The highest BCUT2D eigenvalue weighted by Gasteiger charge is 2.20. The fourth-order valence-corrected chi connectivity index (χ4v) is 3.43. The number of aliphatic imine (C=N–C) groups is 1. The smallest absolute Gasteiger partial charge is 0.193 e. The van der Waals surface area contributed by atoms with Gasteiger partial charge in [-0.15, -0.1) is 0 Å². The Morgan fingerprint density at radius 1 is 1.25 bits per heavy atom. The molecule has 1 N–H and O–H groups in total. The van der Waals surface area contributed by atoms with Crippen molar-refractivity contribution in [1.29, 1.82) is 0 Å². The third kappa shape index (κ3) is 6.87. The van der Waals surface area contributed by atoms with Gasteiger partial charge in [0.25, 0.3) is 0 Å². The first kappa shape index (κ1) is 17.7. The Morgan fingerprint density at radius 3 is 2.55 bits per heavy atom. The lowest BCUT2D eigenvalue weighted by Gasteiger charge is -2.31. The molecule has 3 nitrogen and oxygen atoms in total. The lowest BCUT2D eigenvalue weighted by molar-refractivity contribution is 0.250. The van der Waals surface area contributed by atoms with Gasteiger partial charge in [-0.3, -0.25) is 4.99 Å². The first-order valence-corrected chi connectivity index (χ1v) is 9.47. The molecular weight excluding hydrogens is 266 g/mol. The molecule has 1 aliphatic rings. The SMILES string of the molecule is CN=C(NCCCCSC)N(C)CC1CCC(C)CC1. The molecule has 0 radical (unpaired) electrons. The van der Waals surface area contributed by atoms with Gasteiger partial charge in [0.1, 0.15) is 0 Å². The van der Waals surface area contributed by atoms with Gasteiger partial charge in [0.15, 0.2) is 5.96 Å². The average molecular weight is 300 g/mol. The van der Waals surface area contributed by atoms with E-state index in [1.807, 2.05) is 18.8 Å². The molecule has 1 rings (SSSR count). The second-order valence-electron chi connectivity index (χ2n) is 6.18. The maximum Gasteiger partial charge on any atom is 0.193 e. The summed E-state index contributed by atoms with van der Waals surface area (Å²) >= 11 is 1.93. The zero-order chi connectivity index (χ0) is 14.8. The molecule has 0 saturated heterocycles. The second kappa shape index (κ2) is 10.4. The molecule has 0 aromatic rings. The van der Waals surface area contributed by atoms with Gasteiger partial charge < -0.3 is 10.2 Å². The normalized spacial score (nSPS) is 23.7. The number of hydrogen-bond acceptors (Lipinski definition) is 2. The van der Waals surface area contributed by atoms with Crippen molar-refractivity contribution in [2.45, 2.75) is 45.4 Å². The minimum absolute atomic E-state index is 0.853. The molecule has 0 atom stereocenters. The Bertz CT molecular complexity index is 273. The number of thioether (sulfide) groups is 1. The van der Waals surface area contributed by atoms with Crippen molar-refractivity contribution in [2.75, 3.05) is 39.2 Å². The Labute approximate surface area is 130 Å². The van der Waals surface area contributed by atoms with E-state index in [2.05, 4.69) is 35.4 Å². The minimum atomic E-state index is 0.853. The molecule has 0 spiro atoms. The number of guanidine groups is 1. The van der Waals surface area contributed by atoms with E-state index in [0.29, 0.717) is 0 Å². The van der Waals surface area contributed by atoms with Crippen LogP contribution in [0.15, 0.2) is 4.99 Å². The van der Waals surface area contributed by atoms with Crippen molar-refractivity contribution >= 4 is 17.7 Å². The number of nitrogens with one attached hydrogen (secondary N) is 1. The van der Waals surface area contributed by atoms with Gasteiger partial charge in [-0.2, -0.15) is 11.8 Å². The molecule has 4 heteroatoms. The van der Waals surface area contributed by atoms with Crippen LogP contribution in [0.2, 0.25) is 0 Å². The summed E-state index contributed by atoms with van der Waals surface area (Å²) in [7, 11) is 4.07. The molecule has 0 aromatic heterocycles. The number of unbranched alkanes of at least 4 members (excludes halogenated alkanes) is 1. The second-order valence-corrected chi connectivity index (χ2v) is 7.17. The third-order valence-electron chi connectivity index (χ3n) is 4.30. The predicted octanol–water partition coefficient (Wildman–Crippen LogP) is 3.46. The topological polar surface area (TPSA) is 27.6 Å². The van der Waals surface area contributed by atoms with Gasteiger partial charge in [0.05, 0.1) is 0 Å². The van der Waals surface area contributed by atoms with E-state index in [0.717, 1.165) is 30.9 Å². The van der Waals surface area contributed by atoms with Crippen molar-refractivity contribution < 1.29 is 0 Å². The Morgan fingerprint density at radius 2 is 1.95 bits per heavy atom. The predicted molar refractivity (Wildman–Crippen MR) is 92.7 cm³/mol. The van der Waals surface area contributed by atoms with Crippen LogP contribution in [0, 0.1) is 11.8 Å². The van der Waals surface area contributed by atoms with Crippen molar-refractivity contribution in [2.24, 2.45) is 16.8 Å². The van der Waals surface area contributed by atoms with Gasteiger partial charge in [-0.05, 0) is 49.5 Å². The highest BCUT2D eigenvalue weighted by Crippen LogP contribution is 2.28.